The van der Waals surface area contributed by atoms with Gasteiger partial charge in [0.2, 0.25) is 0 Å². The molecule has 0 aromatic carbocycles. The van der Waals surface area contributed by atoms with Crippen molar-refractivity contribution in [3.8, 4) is 0 Å². The summed E-state index contributed by atoms with van der Waals surface area (Å²) in [6.07, 6.45) is 3.70. The van der Waals surface area contributed by atoms with Gasteiger partial charge >= 0.3 is 0 Å². The van der Waals surface area contributed by atoms with E-state index in [4.69, 9.17) is 0 Å². The predicted molar refractivity (Wildman–Crippen MR) is 72.1 cm³/mol. The molecule has 0 aliphatic heterocycles. The van der Waals surface area contributed by atoms with Crippen LogP contribution in [-0.4, -0.2) is 14.8 Å². The SMILES string of the molecule is CCn1nc(C)cc1CN[C@@H](C)c1cccnc1. The smallest absolute Gasteiger partial charge is 0.0597 e. The average molecular weight is 244 g/mol. The third-order valence-electron chi connectivity index (χ3n) is 3.06. The molecule has 4 heteroatoms. The molecule has 4 nitrogen and oxygen atoms in total. The number of hydrogen-bond acceptors (Lipinski definition) is 3. The van der Waals surface area contributed by atoms with Gasteiger partial charge in [0, 0.05) is 31.5 Å². The summed E-state index contributed by atoms with van der Waals surface area (Å²) in [6.45, 7) is 8.02. The van der Waals surface area contributed by atoms with Crippen molar-refractivity contribution in [2.45, 2.75) is 39.9 Å². The first-order valence-corrected chi connectivity index (χ1v) is 6.37. The van der Waals surface area contributed by atoms with E-state index < -0.39 is 0 Å². The molecule has 0 spiro atoms. The average Bonchev–Trinajstić information content (AvgIpc) is 2.77. The largest absolute Gasteiger partial charge is 0.305 e. The lowest BCUT2D eigenvalue weighted by molar-refractivity contribution is 0.530. The molecule has 0 saturated heterocycles. The molecule has 2 rings (SSSR count). The Morgan fingerprint density at radius 2 is 2.28 bits per heavy atom. The molecule has 1 N–H and O–H groups in total. The predicted octanol–water partition coefficient (Wildman–Crippen LogP) is 2.46. The second-order valence-electron chi connectivity index (χ2n) is 4.48. The van der Waals surface area contributed by atoms with Gasteiger partial charge in [-0.2, -0.15) is 5.10 Å². The van der Waals surface area contributed by atoms with Crippen molar-refractivity contribution in [1.29, 1.82) is 0 Å². The topological polar surface area (TPSA) is 42.7 Å². The zero-order chi connectivity index (χ0) is 13.0. The Bertz CT molecular complexity index is 490. The minimum absolute atomic E-state index is 0.291. The summed E-state index contributed by atoms with van der Waals surface area (Å²) in [5, 5.41) is 7.95. The van der Waals surface area contributed by atoms with Gasteiger partial charge in [-0.1, -0.05) is 6.07 Å². The van der Waals surface area contributed by atoms with Crippen LogP contribution >= 0.6 is 0 Å². The number of rotatable bonds is 5. The van der Waals surface area contributed by atoms with Crippen molar-refractivity contribution in [2.75, 3.05) is 0 Å². The summed E-state index contributed by atoms with van der Waals surface area (Å²) >= 11 is 0. The molecule has 0 aliphatic carbocycles. The van der Waals surface area contributed by atoms with E-state index in [9.17, 15) is 0 Å². The second kappa shape index (κ2) is 5.78. The Morgan fingerprint density at radius 3 is 2.94 bits per heavy atom. The first-order chi connectivity index (χ1) is 8.70. The van der Waals surface area contributed by atoms with Gasteiger partial charge in [-0.25, -0.2) is 0 Å². The van der Waals surface area contributed by atoms with Gasteiger partial charge in [0.25, 0.3) is 0 Å². The molecule has 0 amide bonds. The monoisotopic (exact) mass is 244 g/mol. The molecule has 0 radical (unpaired) electrons. The lowest BCUT2D eigenvalue weighted by Gasteiger charge is -2.14. The molecule has 2 aromatic heterocycles. The maximum atomic E-state index is 4.44. The van der Waals surface area contributed by atoms with Crippen LogP contribution in [0.25, 0.3) is 0 Å². The van der Waals surface area contributed by atoms with Crippen LogP contribution in [0.2, 0.25) is 0 Å². The standard InChI is InChI=1S/C14H20N4/c1-4-18-14(8-11(2)17-18)10-16-12(3)13-6-5-7-15-9-13/h5-9,12,16H,4,10H2,1-3H3/t12-/m0/s1. The molecule has 2 heterocycles. The van der Waals surface area contributed by atoms with Crippen molar-refractivity contribution >= 4 is 0 Å². The van der Waals surface area contributed by atoms with Crippen LogP contribution in [0.4, 0.5) is 0 Å². The van der Waals surface area contributed by atoms with Crippen molar-refractivity contribution < 1.29 is 0 Å². The van der Waals surface area contributed by atoms with Gasteiger partial charge in [0.1, 0.15) is 0 Å². The molecule has 0 saturated carbocycles. The highest BCUT2D eigenvalue weighted by molar-refractivity contribution is 5.14. The minimum atomic E-state index is 0.291. The number of hydrogen-bond donors (Lipinski definition) is 1. The highest BCUT2D eigenvalue weighted by atomic mass is 15.3. The van der Waals surface area contributed by atoms with Crippen molar-refractivity contribution in [2.24, 2.45) is 0 Å². The number of nitrogens with zero attached hydrogens (tertiary/aromatic N) is 3. The van der Waals surface area contributed by atoms with Gasteiger partial charge in [-0.15, -0.1) is 0 Å². The van der Waals surface area contributed by atoms with E-state index in [1.165, 1.54) is 11.3 Å². The molecule has 96 valence electrons. The van der Waals surface area contributed by atoms with Crippen LogP contribution in [0.1, 0.15) is 36.8 Å². The van der Waals surface area contributed by atoms with Gasteiger partial charge < -0.3 is 5.32 Å². The number of aromatic nitrogens is 3. The van der Waals surface area contributed by atoms with E-state index in [1.807, 2.05) is 23.9 Å². The van der Waals surface area contributed by atoms with Crippen LogP contribution in [0.15, 0.2) is 30.6 Å². The van der Waals surface area contributed by atoms with Crippen molar-refractivity contribution in [3.05, 3.63) is 47.5 Å². The zero-order valence-electron chi connectivity index (χ0n) is 11.2. The van der Waals surface area contributed by atoms with Gasteiger partial charge in [-0.3, -0.25) is 9.67 Å². The van der Waals surface area contributed by atoms with Crippen LogP contribution in [0.3, 0.4) is 0 Å². The normalized spacial score (nSPS) is 12.6. The van der Waals surface area contributed by atoms with E-state index in [-0.39, 0.29) is 0 Å². The molecule has 0 aliphatic rings. The van der Waals surface area contributed by atoms with Gasteiger partial charge in [0.15, 0.2) is 0 Å². The lowest BCUT2D eigenvalue weighted by atomic mass is 10.1. The number of aryl methyl sites for hydroxylation is 2. The summed E-state index contributed by atoms with van der Waals surface area (Å²) in [4.78, 5) is 4.14. The van der Waals surface area contributed by atoms with E-state index in [0.717, 1.165) is 18.8 Å². The quantitative estimate of drug-likeness (QED) is 0.878. The maximum Gasteiger partial charge on any atom is 0.0597 e. The molecule has 0 unspecified atom stereocenters. The molecule has 1 atom stereocenters. The zero-order valence-corrected chi connectivity index (χ0v) is 11.2. The lowest BCUT2D eigenvalue weighted by Crippen LogP contribution is -2.20. The Morgan fingerprint density at radius 1 is 1.44 bits per heavy atom. The van der Waals surface area contributed by atoms with Crippen LogP contribution in [-0.2, 0) is 13.1 Å². The van der Waals surface area contributed by atoms with E-state index >= 15 is 0 Å². The molecule has 18 heavy (non-hydrogen) atoms. The summed E-state index contributed by atoms with van der Waals surface area (Å²) in [7, 11) is 0. The highest BCUT2D eigenvalue weighted by Gasteiger charge is 2.07. The Hall–Kier alpha value is -1.68. The Kier molecular flexibility index (Phi) is 4.10. The fourth-order valence-electron chi connectivity index (χ4n) is 2.02. The van der Waals surface area contributed by atoms with Crippen LogP contribution < -0.4 is 5.32 Å². The third-order valence-corrected chi connectivity index (χ3v) is 3.06. The van der Waals surface area contributed by atoms with Crippen LogP contribution in [0.5, 0.6) is 0 Å². The number of pyridine rings is 1. The summed E-state index contributed by atoms with van der Waals surface area (Å²) < 4.78 is 2.04. The van der Waals surface area contributed by atoms with E-state index in [2.05, 4.69) is 41.4 Å². The summed E-state index contributed by atoms with van der Waals surface area (Å²) in [5.74, 6) is 0. The third kappa shape index (κ3) is 2.96. The molecule has 0 fully saturated rings. The Labute approximate surface area is 108 Å². The van der Waals surface area contributed by atoms with Crippen LogP contribution in [0, 0.1) is 6.92 Å². The maximum absolute atomic E-state index is 4.44. The Balaban J connectivity index is 1.99. The fourth-order valence-corrected chi connectivity index (χ4v) is 2.02. The van der Waals surface area contributed by atoms with Crippen molar-refractivity contribution in [1.82, 2.24) is 20.1 Å². The molecular weight excluding hydrogens is 224 g/mol. The fraction of sp³-hybridized carbons (Fsp3) is 0.429. The second-order valence-corrected chi connectivity index (χ2v) is 4.48. The summed E-state index contributed by atoms with van der Waals surface area (Å²) in [5.41, 5.74) is 3.50. The molecule has 2 aromatic rings. The summed E-state index contributed by atoms with van der Waals surface area (Å²) in [6, 6.07) is 6.48. The molecular formula is C14H20N4. The van der Waals surface area contributed by atoms with Crippen molar-refractivity contribution in [3.63, 3.8) is 0 Å². The first-order valence-electron chi connectivity index (χ1n) is 6.37. The van der Waals surface area contributed by atoms with E-state index in [1.54, 1.807) is 6.20 Å². The number of nitrogens with one attached hydrogen (secondary N) is 1. The first kappa shape index (κ1) is 12.8. The van der Waals surface area contributed by atoms with Gasteiger partial charge in [-0.05, 0) is 38.5 Å². The van der Waals surface area contributed by atoms with E-state index in [0.29, 0.717) is 6.04 Å². The minimum Gasteiger partial charge on any atom is -0.305 e. The molecule has 0 bridgehead atoms. The highest BCUT2D eigenvalue weighted by Crippen LogP contribution is 2.11. The van der Waals surface area contributed by atoms with Gasteiger partial charge in [0.05, 0.1) is 11.4 Å².